The largest absolute Gasteiger partial charge is 0.353 e. The average Bonchev–Trinajstić information content (AvgIpc) is 2.86. The van der Waals surface area contributed by atoms with Crippen molar-refractivity contribution in [3.63, 3.8) is 0 Å². The fourth-order valence-corrected chi connectivity index (χ4v) is 5.56. The van der Waals surface area contributed by atoms with Crippen molar-refractivity contribution in [2.45, 2.75) is 50.4 Å². The van der Waals surface area contributed by atoms with Gasteiger partial charge in [-0.25, -0.2) is 0 Å². The molecule has 0 aromatic heterocycles. The third kappa shape index (κ3) is 1.80. The van der Waals surface area contributed by atoms with Crippen LogP contribution in [0.3, 0.4) is 0 Å². The molecule has 0 aromatic carbocycles. The molecule has 20 heavy (non-hydrogen) atoms. The van der Waals surface area contributed by atoms with Crippen LogP contribution in [0.5, 0.6) is 0 Å². The van der Waals surface area contributed by atoms with Crippen molar-refractivity contribution in [2.24, 2.45) is 29.1 Å². The molecule has 112 valence electrons. The quantitative estimate of drug-likeness (QED) is 0.618. The van der Waals surface area contributed by atoms with E-state index in [4.69, 9.17) is 23.2 Å². The summed E-state index contributed by atoms with van der Waals surface area (Å²) in [6, 6.07) is 0.197. The van der Waals surface area contributed by atoms with E-state index in [-0.39, 0.29) is 17.9 Å². The predicted octanol–water partition coefficient (Wildman–Crippen LogP) is 3.92. The molecule has 2 bridgehead atoms. The molecule has 0 radical (unpaired) electrons. The zero-order chi connectivity index (χ0) is 14.7. The maximum absolute atomic E-state index is 12.7. The SMILES string of the molecule is CCC1(C(=O)NC(C)C2CC3C=CC2C3)C(C)C1(Cl)Cl. The van der Waals surface area contributed by atoms with E-state index in [1.54, 1.807) is 0 Å². The molecular formula is C16H23Cl2NO. The molecule has 0 spiro atoms. The molecule has 0 aliphatic heterocycles. The Labute approximate surface area is 131 Å². The van der Waals surface area contributed by atoms with E-state index >= 15 is 0 Å². The van der Waals surface area contributed by atoms with Crippen LogP contribution >= 0.6 is 23.2 Å². The van der Waals surface area contributed by atoms with Gasteiger partial charge in [-0.1, -0.05) is 26.0 Å². The number of hydrogen-bond donors (Lipinski definition) is 1. The first-order valence-electron chi connectivity index (χ1n) is 7.71. The summed E-state index contributed by atoms with van der Waals surface area (Å²) in [4.78, 5) is 12.7. The van der Waals surface area contributed by atoms with Crippen LogP contribution < -0.4 is 5.32 Å². The van der Waals surface area contributed by atoms with Crippen LogP contribution in [0.25, 0.3) is 0 Å². The van der Waals surface area contributed by atoms with Crippen LogP contribution in [-0.4, -0.2) is 16.3 Å². The molecule has 0 saturated heterocycles. The lowest BCUT2D eigenvalue weighted by molar-refractivity contribution is -0.128. The Hall–Kier alpha value is -0.210. The first-order chi connectivity index (χ1) is 9.34. The number of nitrogens with one attached hydrogen (secondary N) is 1. The summed E-state index contributed by atoms with van der Waals surface area (Å²) >= 11 is 12.6. The summed E-state index contributed by atoms with van der Waals surface area (Å²) in [5.74, 6) is 2.00. The van der Waals surface area contributed by atoms with Crippen molar-refractivity contribution in [3.05, 3.63) is 12.2 Å². The van der Waals surface area contributed by atoms with Gasteiger partial charge >= 0.3 is 0 Å². The Morgan fingerprint density at radius 2 is 2.05 bits per heavy atom. The summed E-state index contributed by atoms with van der Waals surface area (Å²) in [6.45, 7) is 6.08. The number of alkyl halides is 2. The van der Waals surface area contributed by atoms with Crippen LogP contribution in [0.2, 0.25) is 0 Å². The summed E-state index contributed by atoms with van der Waals surface area (Å²) < 4.78 is -0.903. The van der Waals surface area contributed by atoms with E-state index < -0.39 is 9.75 Å². The lowest BCUT2D eigenvalue weighted by Gasteiger charge is -2.28. The lowest BCUT2D eigenvalue weighted by Crippen LogP contribution is -2.44. The van der Waals surface area contributed by atoms with E-state index in [2.05, 4.69) is 24.4 Å². The van der Waals surface area contributed by atoms with Crippen LogP contribution in [0.1, 0.15) is 40.0 Å². The number of halogens is 2. The van der Waals surface area contributed by atoms with E-state index in [1.165, 1.54) is 12.8 Å². The van der Waals surface area contributed by atoms with Gasteiger partial charge in [0, 0.05) is 12.0 Å². The molecular weight excluding hydrogens is 293 g/mol. The zero-order valence-corrected chi connectivity index (χ0v) is 13.8. The van der Waals surface area contributed by atoms with Gasteiger partial charge < -0.3 is 5.32 Å². The van der Waals surface area contributed by atoms with E-state index in [0.29, 0.717) is 18.3 Å². The Kier molecular flexibility index (Phi) is 3.42. The summed E-state index contributed by atoms with van der Waals surface area (Å²) in [6.07, 6.45) is 7.80. The molecule has 3 aliphatic carbocycles. The first kappa shape index (κ1) is 14.7. The number of allylic oxidation sites excluding steroid dienone is 2. The maximum Gasteiger partial charge on any atom is 0.229 e. The number of carbonyl (C=O) groups excluding carboxylic acids is 1. The normalized spacial score (nSPS) is 45.5. The Bertz CT molecular complexity index is 461. The number of carbonyl (C=O) groups is 1. The van der Waals surface area contributed by atoms with Gasteiger partial charge in [0.05, 0.1) is 5.41 Å². The molecule has 1 amide bonds. The summed E-state index contributed by atoms with van der Waals surface area (Å²) in [5.41, 5.74) is -0.599. The Morgan fingerprint density at radius 1 is 1.40 bits per heavy atom. The number of fused-ring (bicyclic) bond motifs is 2. The van der Waals surface area contributed by atoms with Gasteiger partial charge in [0.2, 0.25) is 5.91 Å². The molecule has 2 saturated carbocycles. The lowest BCUT2D eigenvalue weighted by atomic mass is 9.87. The van der Waals surface area contributed by atoms with Crippen molar-refractivity contribution >= 4 is 29.1 Å². The van der Waals surface area contributed by atoms with Gasteiger partial charge in [0.1, 0.15) is 4.33 Å². The number of hydrogen-bond acceptors (Lipinski definition) is 1. The molecule has 1 N–H and O–H groups in total. The Balaban J connectivity index is 1.66. The predicted molar refractivity (Wildman–Crippen MR) is 82.8 cm³/mol. The minimum absolute atomic E-state index is 0.0236. The minimum atomic E-state index is -0.903. The first-order valence-corrected chi connectivity index (χ1v) is 8.47. The molecule has 2 fully saturated rings. The highest BCUT2D eigenvalue weighted by Gasteiger charge is 2.76. The molecule has 0 heterocycles. The highest BCUT2D eigenvalue weighted by molar-refractivity contribution is 6.53. The molecule has 4 heteroatoms. The van der Waals surface area contributed by atoms with Crippen molar-refractivity contribution in [3.8, 4) is 0 Å². The smallest absolute Gasteiger partial charge is 0.229 e. The minimum Gasteiger partial charge on any atom is -0.353 e. The van der Waals surface area contributed by atoms with E-state index in [9.17, 15) is 4.79 Å². The summed E-state index contributed by atoms with van der Waals surface area (Å²) in [7, 11) is 0. The fraction of sp³-hybridized carbons (Fsp3) is 0.812. The highest BCUT2D eigenvalue weighted by atomic mass is 35.5. The van der Waals surface area contributed by atoms with Gasteiger partial charge in [0.15, 0.2) is 0 Å². The second-order valence-electron chi connectivity index (χ2n) is 6.88. The molecule has 6 atom stereocenters. The van der Waals surface area contributed by atoms with E-state index in [1.807, 2.05) is 13.8 Å². The van der Waals surface area contributed by atoms with Crippen molar-refractivity contribution < 1.29 is 4.79 Å². The van der Waals surface area contributed by atoms with Gasteiger partial charge in [-0.05, 0) is 43.9 Å². The standard InChI is InChI=1S/C16H23Cl2NO/c1-4-15(10(3)16(15,17)18)14(20)19-9(2)13-8-11-5-6-12(13)7-11/h5-6,9-13H,4,7-8H2,1-3H3,(H,19,20). The molecule has 3 rings (SSSR count). The molecule has 6 unspecified atom stereocenters. The third-order valence-electron chi connectivity index (χ3n) is 6.09. The van der Waals surface area contributed by atoms with Crippen molar-refractivity contribution in [1.29, 1.82) is 0 Å². The van der Waals surface area contributed by atoms with Gasteiger partial charge in [-0.2, -0.15) is 0 Å². The summed E-state index contributed by atoms with van der Waals surface area (Å²) in [5, 5.41) is 3.20. The third-order valence-corrected chi connectivity index (χ3v) is 7.42. The average molecular weight is 316 g/mol. The van der Waals surface area contributed by atoms with Crippen LogP contribution in [0, 0.1) is 29.1 Å². The Morgan fingerprint density at radius 3 is 2.45 bits per heavy atom. The van der Waals surface area contributed by atoms with Crippen molar-refractivity contribution in [2.75, 3.05) is 0 Å². The molecule has 0 aromatic rings. The zero-order valence-electron chi connectivity index (χ0n) is 12.3. The molecule has 2 nitrogen and oxygen atoms in total. The monoisotopic (exact) mass is 315 g/mol. The van der Waals surface area contributed by atoms with Gasteiger partial charge in [-0.15, -0.1) is 23.2 Å². The maximum atomic E-state index is 12.7. The van der Waals surface area contributed by atoms with E-state index in [0.717, 1.165) is 5.92 Å². The second kappa shape index (κ2) is 4.64. The number of amides is 1. The van der Waals surface area contributed by atoms with Gasteiger partial charge in [0.25, 0.3) is 0 Å². The molecule has 3 aliphatic rings. The van der Waals surface area contributed by atoms with Gasteiger partial charge in [-0.3, -0.25) is 4.79 Å². The fourth-order valence-electron chi connectivity index (χ4n) is 4.53. The van der Waals surface area contributed by atoms with Crippen LogP contribution in [0.4, 0.5) is 0 Å². The topological polar surface area (TPSA) is 29.1 Å². The highest BCUT2D eigenvalue weighted by Crippen LogP contribution is 2.70. The number of rotatable bonds is 4. The van der Waals surface area contributed by atoms with Crippen LogP contribution in [-0.2, 0) is 4.79 Å². The second-order valence-corrected chi connectivity index (χ2v) is 8.26. The van der Waals surface area contributed by atoms with Crippen molar-refractivity contribution in [1.82, 2.24) is 5.32 Å². The van der Waals surface area contributed by atoms with Crippen LogP contribution in [0.15, 0.2) is 12.2 Å².